The maximum absolute atomic E-state index is 8.86. The van der Waals surface area contributed by atoms with E-state index in [1.165, 1.54) is 0 Å². The number of hydrogen-bond acceptors (Lipinski definition) is 4. The van der Waals surface area contributed by atoms with E-state index < -0.39 is 0 Å². The summed E-state index contributed by atoms with van der Waals surface area (Å²) in [4.78, 5) is 4.42. The van der Waals surface area contributed by atoms with Crippen LogP contribution < -0.4 is 5.32 Å². The Morgan fingerprint density at radius 2 is 2.40 bits per heavy atom. The van der Waals surface area contributed by atoms with Gasteiger partial charge in [0.25, 0.3) is 0 Å². The lowest BCUT2D eigenvalue weighted by Crippen LogP contribution is -2.06. The SMILES string of the molecule is CCc1csc(NCCCC(C)CO)n1. The zero-order valence-corrected chi connectivity index (χ0v) is 10.3. The molecule has 2 N–H and O–H groups in total. The number of hydrogen-bond donors (Lipinski definition) is 2. The molecule has 1 rings (SSSR count). The number of aliphatic hydroxyl groups excluding tert-OH is 1. The van der Waals surface area contributed by atoms with E-state index >= 15 is 0 Å². The Balaban J connectivity index is 2.14. The molecule has 1 unspecified atom stereocenters. The molecule has 0 aliphatic carbocycles. The number of aryl methyl sites for hydroxylation is 1. The average molecular weight is 228 g/mol. The van der Waals surface area contributed by atoms with Gasteiger partial charge in [-0.05, 0) is 25.2 Å². The Kier molecular flexibility index (Phi) is 5.65. The summed E-state index contributed by atoms with van der Waals surface area (Å²) >= 11 is 1.67. The summed E-state index contributed by atoms with van der Waals surface area (Å²) < 4.78 is 0. The number of aliphatic hydroxyl groups is 1. The third-order valence-electron chi connectivity index (χ3n) is 2.38. The summed E-state index contributed by atoms with van der Waals surface area (Å²) in [7, 11) is 0. The lowest BCUT2D eigenvalue weighted by molar-refractivity contribution is 0.229. The zero-order chi connectivity index (χ0) is 11.1. The lowest BCUT2D eigenvalue weighted by Gasteiger charge is -2.07. The van der Waals surface area contributed by atoms with Crippen molar-refractivity contribution in [3.8, 4) is 0 Å². The van der Waals surface area contributed by atoms with Crippen LogP contribution in [0.4, 0.5) is 5.13 Å². The van der Waals surface area contributed by atoms with E-state index in [0.29, 0.717) is 5.92 Å². The second kappa shape index (κ2) is 6.80. The summed E-state index contributed by atoms with van der Waals surface area (Å²) in [5.74, 6) is 0.411. The van der Waals surface area contributed by atoms with Gasteiger partial charge in [0.2, 0.25) is 0 Å². The summed E-state index contributed by atoms with van der Waals surface area (Å²) in [6.07, 6.45) is 3.15. The van der Waals surface area contributed by atoms with E-state index in [2.05, 4.69) is 29.5 Å². The standard InChI is InChI=1S/C11H20N2OS/c1-3-10-8-15-11(13-10)12-6-4-5-9(2)7-14/h8-9,14H,3-7H2,1-2H3,(H,12,13). The van der Waals surface area contributed by atoms with Crippen molar-refractivity contribution in [3.05, 3.63) is 11.1 Å². The number of thiazole rings is 1. The largest absolute Gasteiger partial charge is 0.396 e. The first-order valence-corrected chi connectivity index (χ1v) is 6.43. The Bertz CT molecular complexity index is 275. The van der Waals surface area contributed by atoms with E-state index in [1.54, 1.807) is 11.3 Å². The van der Waals surface area contributed by atoms with Crippen molar-refractivity contribution >= 4 is 16.5 Å². The highest BCUT2D eigenvalue weighted by atomic mass is 32.1. The third-order valence-corrected chi connectivity index (χ3v) is 3.22. The molecule has 1 atom stereocenters. The molecule has 0 aliphatic rings. The van der Waals surface area contributed by atoms with Gasteiger partial charge in [-0.25, -0.2) is 4.98 Å². The van der Waals surface area contributed by atoms with Crippen LogP contribution in [0.5, 0.6) is 0 Å². The number of rotatable bonds is 7. The van der Waals surface area contributed by atoms with Gasteiger partial charge < -0.3 is 10.4 Å². The Hall–Kier alpha value is -0.610. The van der Waals surface area contributed by atoms with E-state index in [-0.39, 0.29) is 6.61 Å². The Morgan fingerprint density at radius 1 is 1.60 bits per heavy atom. The lowest BCUT2D eigenvalue weighted by atomic mass is 10.1. The molecule has 0 radical (unpaired) electrons. The summed E-state index contributed by atoms with van der Waals surface area (Å²) in [6, 6.07) is 0. The van der Waals surface area contributed by atoms with Crippen molar-refractivity contribution in [1.82, 2.24) is 4.98 Å². The minimum Gasteiger partial charge on any atom is -0.396 e. The number of anilines is 1. The van der Waals surface area contributed by atoms with Gasteiger partial charge in [-0.2, -0.15) is 0 Å². The highest BCUT2D eigenvalue weighted by Gasteiger charge is 2.01. The minimum atomic E-state index is 0.289. The first-order valence-electron chi connectivity index (χ1n) is 5.55. The van der Waals surface area contributed by atoms with E-state index in [0.717, 1.165) is 36.6 Å². The second-order valence-corrected chi connectivity index (χ2v) is 4.71. The molecule has 4 heteroatoms. The number of nitrogens with one attached hydrogen (secondary N) is 1. The monoisotopic (exact) mass is 228 g/mol. The zero-order valence-electron chi connectivity index (χ0n) is 9.49. The summed E-state index contributed by atoms with van der Waals surface area (Å²) in [6.45, 7) is 5.42. The molecule has 1 aromatic heterocycles. The van der Waals surface area contributed by atoms with Crippen LogP contribution in [0.2, 0.25) is 0 Å². The Labute approximate surface area is 95.6 Å². The molecule has 1 heterocycles. The minimum absolute atomic E-state index is 0.289. The first kappa shape index (κ1) is 12.5. The topological polar surface area (TPSA) is 45.1 Å². The second-order valence-electron chi connectivity index (χ2n) is 3.85. The van der Waals surface area contributed by atoms with Crippen molar-refractivity contribution in [2.75, 3.05) is 18.5 Å². The van der Waals surface area contributed by atoms with Gasteiger partial charge in [0, 0.05) is 18.5 Å². The molecule has 0 fully saturated rings. The predicted octanol–water partition coefficient (Wildman–Crippen LogP) is 2.53. The molecular formula is C11H20N2OS. The molecule has 0 aromatic carbocycles. The quantitative estimate of drug-likeness (QED) is 0.705. The van der Waals surface area contributed by atoms with Crippen LogP contribution in [0.15, 0.2) is 5.38 Å². The summed E-state index contributed by atoms with van der Waals surface area (Å²) in [5, 5.41) is 15.3. The smallest absolute Gasteiger partial charge is 0.182 e. The molecule has 0 saturated heterocycles. The van der Waals surface area contributed by atoms with Crippen LogP contribution in [0.1, 0.15) is 32.4 Å². The van der Waals surface area contributed by atoms with E-state index in [9.17, 15) is 0 Å². The summed E-state index contributed by atoms with van der Waals surface area (Å²) in [5.41, 5.74) is 1.16. The van der Waals surface area contributed by atoms with Crippen molar-refractivity contribution in [2.45, 2.75) is 33.1 Å². The average Bonchev–Trinajstić information content (AvgIpc) is 2.72. The molecule has 1 aromatic rings. The van der Waals surface area contributed by atoms with Crippen molar-refractivity contribution < 1.29 is 5.11 Å². The van der Waals surface area contributed by atoms with Gasteiger partial charge in [-0.15, -0.1) is 11.3 Å². The number of nitrogens with zero attached hydrogens (tertiary/aromatic N) is 1. The van der Waals surface area contributed by atoms with Crippen LogP contribution >= 0.6 is 11.3 Å². The highest BCUT2D eigenvalue weighted by Crippen LogP contribution is 2.15. The molecule has 0 bridgehead atoms. The van der Waals surface area contributed by atoms with Crippen molar-refractivity contribution in [3.63, 3.8) is 0 Å². The molecule has 0 saturated carbocycles. The van der Waals surface area contributed by atoms with Crippen LogP contribution in [0.25, 0.3) is 0 Å². The molecule has 0 spiro atoms. The Morgan fingerprint density at radius 3 is 3.00 bits per heavy atom. The fourth-order valence-electron chi connectivity index (χ4n) is 1.29. The molecule has 3 nitrogen and oxygen atoms in total. The van der Waals surface area contributed by atoms with Crippen LogP contribution in [-0.4, -0.2) is 23.2 Å². The van der Waals surface area contributed by atoms with Gasteiger partial charge >= 0.3 is 0 Å². The maximum atomic E-state index is 8.86. The van der Waals surface area contributed by atoms with Crippen molar-refractivity contribution in [2.24, 2.45) is 5.92 Å². The van der Waals surface area contributed by atoms with Crippen molar-refractivity contribution in [1.29, 1.82) is 0 Å². The fraction of sp³-hybridized carbons (Fsp3) is 0.727. The van der Waals surface area contributed by atoms with Gasteiger partial charge in [-0.1, -0.05) is 13.8 Å². The van der Waals surface area contributed by atoms with E-state index in [1.807, 2.05) is 0 Å². The van der Waals surface area contributed by atoms with Gasteiger partial charge in [0.1, 0.15) is 0 Å². The maximum Gasteiger partial charge on any atom is 0.182 e. The third kappa shape index (κ3) is 4.62. The van der Waals surface area contributed by atoms with Crippen LogP contribution in [-0.2, 0) is 6.42 Å². The normalized spacial score (nSPS) is 12.7. The molecule has 15 heavy (non-hydrogen) atoms. The van der Waals surface area contributed by atoms with E-state index in [4.69, 9.17) is 5.11 Å². The number of aromatic nitrogens is 1. The molecular weight excluding hydrogens is 208 g/mol. The van der Waals surface area contributed by atoms with Gasteiger partial charge in [0.15, 0.2) is 5.13 Å². The highest BCUT2D eigenvalue weighted by molar-refractivity contribution is 7.13. The molecule has 0 aliphatic heterocycles. The van der Waals surface area contributed by atoms with Gasteiger partial charge in [-0.3, -0.25) is 0 Å². The van der Waals surface area contributed by atoms with Crippen LogP contribution in [0, 0.1) is 5.92 Å². The molecule has 86 valence electrons. The van der Waals surface area contributed by atoms with Gasteiger partial charge in [0.05, 0.1) is 5.69 Å². The fourth-order valence-corrected chi connectivity index (χ4v) is 2.11. The predicted molar refractivity (Wildman–Crippen MR) is 65.5 cm³/mol. The van der Waals surface area contributed by atoms with Crippen LogP contribution in [0.3, 0.4) is 0 Å². The molecule has 0 amide bonds. The first-order chi connectivity index (χ1) is 7.26.